The van der Waals surface area contributed by atoms with E-state index in [4.69, 9.17) is 0 Å². The molecule has 3 heterocycles. The quantitative estimate of drug-likeness (QED) is 0.327. The smallest absolute Gasteiger partial charge is 0.270 e. The highest BCUT2D eigenvalue weighted by atomic mass is 16.6. The molecule has 0 aliphatic carbocycles. The molecule has 5 rings (SSSR count). The number of nitro benzene ring substituents is 1. The summed E-state index contributed by atoms with van der Waals surface area (Å²) in [6, 6.07) is 12.4. The van der Waals surface area contributed by atoms with Crippen LogP contribution in [0.15, 0.2) is 71.9 Å². The van der Waals surface area contributed by atoms with Gasteiger partial charge in [-0.05, 0) is 18.2 Å². The minimum Gasteiger partial charge on any atom is -0.292 e. The Morgan fingerprint density at radius 2 is 1.74 bits per heavy atom. The van der Waals surface area contributed by atoms with Crippen molar-refractivity contribution >= 4 is 35.2 Å². The average Bonchev–Trinajstić information content (AvgIpc) is 3.26. The molecule has 0 aromatic heterocycles. The summed E-state index contributed by atoms with van der Waals surface area (Å²) in [7, 11) is 0. The molecule has 2 aromatic carbocycles. The van der Waals surface area contributed by atoms with Crippen molar-refractivity contribution in [3.05, 3.63) is 82.4 Å². The first kappa shape index (κ1) is 18.9. The minimum atomic E-state index is -1.04. The molecule has 4 atom stereocenters. The molecule has 154 valence electrons. The molecule has 2 aromatic rings. The molecule has 0 spiro atoms. The molecule has 0 bridgehead atoms. The van der Waals surface area contributed by atoms with Crippen LogP contribution in [0.1, 0.15) is 10.4 Å². The number of nitro groups is 1. The average molecular weight is 416 g/mol. The molecule has 2 amide bonds. The topological polar surface area (TPSA) is 113 Å². The zero-order chi connectivity index (χ0) is 21.7. The number of carbonyl (C=O) groups excluding carboxylic acids is 3. The predicted octanol–water partition coefficient (Wildman–Crippen LogP) is 2.19. The van der Waals surface area contributed by atoms with E-state index in [-0.39, 0.29) is 17.2 Å². The number of ketones is 1. The van der Waals surface area contributed by atoms with E-state index in [2.05, 4.69) is 5.10 Å². The number of hydrogen-bond acceptors (Lipinski definition) is 7. The Hall–Kier alpha value is -4.14. The van der Waals surface area contributed by atoms with Crippen molar-refractivity contribution in [3.8, 4) is 0 Å². The normalized spacial score (nSPS) is 26.2. The predicted molar refractivity (Wildman–Crippen MR) is 110 cm³/mol. The number of benzene rings is 2. The SMILES string of the molecule is O=C(c1cccc([N+](=O)[O-])c1)[C@H]1[C@H]2C(=O)N(c3ccccc3)C(=O)[C@H]2[C@@H]2C=CC=NN21. The van der Waals surface area contributed by atoms with Gasteiger partial charge in [-0.1, -0.05) is 36.4 Å². The van der Waals surface area contributed by atoms with Crippen molar-refractivity contribution in [2.75, 3.05) is 4.90 Å². The third-order valence-corrected chi connectivity index (χ3v) is 5.92. The second kappa shape index (κ2) is 6.98. The van der Waals surface area contributed by atoms with Gasteiger partial charge in [0, 0.05) is 23.9 Å². The molecule has 0 unspecified atom stereocenters. The summed E-state index contributed by atoms with van der Waals surface area (Å²) in [4.78, 5) is 51.9. The van der Waals surface area contributed by atoms with Gasteiger partial charge in [0.1, 0.15) is 6.04 Å². The van der Waals surface area contributed by atoms with E-state index in [0.29, 0.717) is 5.69 Å². The Morgan fingerprint density at radius 3 is 2.48 bits per heavy atom. The standard InChI is InChI=1S/C22H16N4O5/c27-20(13-6-4-9-15(12-13)26(30)31)19-18-17(16-10-5-11-23-25(16)19)21(28)24(22(18)29)14-7-2-1-3-8-14/h1-12,16-19H/t16-,17-,18-,19+/m0/s1. The summed E-state index contributed by atoms with van der Waals surface area (Å²) in [6.45, 7) is 0. The van der Waals surface area contributed by atoms with Crippen LogP contribution in [0.5, 0.6) is 0 Å². The van der Waals surface area contributed by atoms with Gasteiger partial charge in [-0.15, -0.1) is 0 Å². The molecule has 2 saturated heterocycles. The molecule has 3 aliphatic rings. The highest BCUT2D eigenvalue weighted by Gasteiger charge is 2.64. The summed E-state index contributed by atoms with van der Waals surface area (Å²) in [5.41, 5.74) is 0.323. The maximum atomic E-state index is 13.5. The van der Waals surface area contributed by atoms with Gasteiger partial charge >= 0.3 is 0 Å². The van der Waals surface area contributed by atoms with Gasteiger partial charge in [0.2, 0.25) is 11.8 Å². The number of non-ortho nitro benzene ring substituents is 1. The zero-order valence-electron chi connectivity index (χ0n) is 16.1. The number of rotatable bonds is 4. The molecule has 9 nitrogen and oxygen atoms in total. The summed E-state index contributed by atoms with van der Waals surface area (Å²) < 4.78 is 0. The number of amides is 2. The number of hydrogen-bond donors (Lipinski definition) is 0. The number of allylic oxidation sites excluding steroid dienone is 1. The van der Waals surface area contributed by atoms with Crippen LogP contribution in [-0.4, -0.2) is 45.8 Å². The third kappa shape index (κ3) is 2.77. The van der Waals surface area contributed by atoms with E-state index in [0.717, 1.165) is 4.90 Å². The van der Waals surface area contributed by atoms with Gasteiger partial charge in [0.15, 0.2) is 5.78 Å². The number of Topliss-reactive ketones (excluding diaryl/α,β-unsaturated/α-hetero) is 1. The molecule has 3 aliphatic heterocycles. The van der Waals surface area contributed by atoms with Gasteiger partial charge in [0.05, 0.1) is 28.5 Å². The number of para-hydroxylation sites is 1. The number of anilines is 1. The van der Waals surface area contributed by atoms with Gasteiger partial charge < -0.3 is 0 Å². The van der Waals surface area contributed by atoms with E-state index in [1.165, 1.54) is 35.5 Å². The Bertz CT molecular complexity index is 1180. The molecular formula is C22H16N4O5. The van der Waals surface area contributed by atoms with Gasteiger partial charge in [-0.25, -0.2) is 4.90 Å². The lowest BCUT2D eigenvalue weighted by molar-refractivity contribution is -0.384. The fourth-order valence-electron chi connectivity index (χ4n) is 4.61. The van der Waals surface area contributed by atoms with Crippen molar-refractivity contribution in [2.45, 2.75) is 12.1 Å². The first-order chi connectivity index (χ1) is 15.0. The number of fused-ring (bicyclic) bond motifs is 3. The van der Waals surface area contributed by atoms with E-state index < -0.39 is 40.5 Å². The van der Waals surface area contributed by atoms with Crippen molar-refractivity contribution in [1.29, 1.82) is 0 Å². The molecule has 9 heteroatoms. The Labute approximate surface area is 176 Å². The van der Waals surface area contributed by atoms with Crippen molar-refractivity contribution in [3.63, 3.8) is 0 Å². The van der Waals surface area contributed by atoms with E-state index in [1.54, 1.807) is 42.5 Å². The third-order valence-electron chi connectivity index (χ3n) is 5.92. The minimum absolute atomic E-state index is 0.0989. The van der Waals surface area contributed by atoms with Crippen molar-refractivity contribution < 1.29 is 19.3 Å². The first-order valence-electron chi connectivity index (χ1n) is 9.69. The molecule has 0 radical (unpaired) electrons. The molecule has 0 N–H and O–H groups in total. The molecular weight excluding hydrogens is 400 g/mol. The highest BCUT2D eigenvalue weighted by molar-refractivity contribution is 6.24. The van der Waals surface area contributed by atoms with Crippen LogP contribution >= 0.6 is 0 Å². The van der Waals surface area contributed by atoms with Crippen molar-refractivity contribution in [2.24, 2.45) is 16.9 Å². The van der Waals surface area contributed by atoms with Crippen LogP contribution < -0.4 is 4.90 Å². The molecule has 2 fully saturated rings. The second-order valence-corrected chi connectivity index (χ2v) is 7.54. The fraction of sp³-hybridized carbons (Fsp3) is 0.182. The van der Waals surface area contributed by atoms with E-state index in [1.807, 2.05) is 0 Å². The highest BCUT2D eigenvalue weighted by Crippen LogP contribution is 2.46. The lowest BCUT2D eigenvalue weighted by atomic mass is 9.86. The van der Waals surface area contributed by atoms with Gasteiger partial charge in [-0.3, -0.25) is 29.5 Å². The van der Waals surface area contributed by atoms with Crippen LogP contribution in [0.4, 0.5) is 11.4 Å². The molecule has 0 saturated carbocycles. The largest absolute Gasteiger partial charge is 0.292 e. The van der Waals surface area contributed by atoms with Crippen LogP contribution in [0, 0.1) is 22.0 Å². The lowest BCUT2D eigenvalue weighted by Gasteiger charge is -2.30. The van der Waals surface area contributed by atoms with Crippen molar-refractivity contribution in [1.82, 2.24) is 5.01 Å². The summed E-state index contributed by atoms with van der Waals surface area (Å²) >= 11 is 0. The van der Waals surface area contributed by atoms with Crippen LogP contribution in [0.25, 0.3) is 0 Å². The van der Waals surface area contributed by atoms with Crippen LogP contribution in [0.3, 0.4) is 0 Å². The van der Waals surface area contributed by atoms with Crippen LogP contribution in [-0.2, 0) is 9.59 Å². The zero-order valence-corrected chi connectivity index (χ0v) is 16.1. The first-order valence-corrected chi connectivity index (χ1v) is 9.69. The van der Waals surface area contributed by atoms with E-state index in [9.17, 15) is 24.5 Å². The molecule has 31 heavy (non-hydrogen) atoms. The second-order valence-electron chi connectivity index (χ2n) is 7.54. The van der Waals surface area contributed by atoms with E-state index >= 15 is 0 Å². The van der Waals surface area contributed by atoms with Gasteiger partial charge in [0.25, 0.3) is 5.69 Å². The monoisotopic (exact) mass is 416 g/mol. The Kier molecular flexibility index (Phi) is 4.25. The summed E-state index contributed by atoms with van der Waals surface area (Å²) in [5, 5.41) is 16.9. The summed E-state index contributed by atoms with van der Waals surface area (Å²) in [6.07, 6.45) is 4.93. The summed E-state index contributed by atoms with van der Waals surface area (Å²) in [5.74, 6) is -3.04. The maximum absolute atomic E-state index is 13.5. The maximum Gasteiger partial charge on any atom is 0.270 e. The number of imide groups is 1. The Morgan fingerprint density at radius 1 is 1.00 bits per heavy atom. The fourth-order valence-corrected chi connectivity index (χ4v) is 4.61. The lowest BCUT2D eigenvalue weighted by Crippen LogP contribution is -2.46. The van der Waals surface area contributed by atoms with Crippen LogP contribution in [0.2, 0.25) is 0 Å². The van der Waals surface area contributed by atoms with Gasteiger partial charge in [-0.2, -0.15) is 5.10 Å². The Balaban J connectivity index is 1.58. The number of hydrazone groups is 1. The number of nitrogens with zero attached hydrogens (tertiary/aromatic N) is 4. The number of carbonyl (C=O) groups is 3.